The van der Waals surface area contributed by atoms with Crippen LogP contribution in [0.15, 0.2) is 42.7 Å². The summed E-state index contributed by atoms with van der Waals surface area (Å²) in [6, 6.07) is 8.84. The summed E-state index contributed by atoms with van der Waals surface area (Å²) >= 11 is 0. The number of rotatable bonds is 4. The second kappa shape index (κ2) is 5.73. The summed E-state index contributed by atoms with van der Waals surface area (Å²) in [5.41, 5.74) is 3.72. The highest BCUT2D eigenvalue weighted by Crippen LogP contribution is 2.30. The molecule has 0 bridgehead atoms. The van der Waals surface area contributed by atoms with Crippen LogP contribution >= 0.6 is 0 Å². The van der Waals surface area contributed by atoms with Crippen molar-refractivity contribution in [3.63, 3.8) is 0 Å². The number of carbonyl (C=O) groups is 2. The first-order valence-corrected chi connectivity index (χ1v) is 8.15. The molecule has 6 nitrogen and oxygen atoms in total. The molecular weight excluding hydrogens is 318 g/mol. The minimum atomic E-state index is -0.949. The molecule has 3 aromatic rings. The largest absolute Gasteiger partial charge is 0.478 e. The third kappa shape index (κ3) is 2.98. The summed E-state index contributed by atoms with van der Waals surface area (Å²) in [6.45, 7) is 1.94. The molecule has 6 heteroatoms. The van der Waals surface area contributed by atoms with Crippen molar-refractivity contribution in [3.8, 4) is 11.1 Å². The fraction of sp³-hybridized carbons (Fsp3) is 0.211. The van der Waals surface area contributed by atoms with E-state index in [0.29, 0.717) is 5.82 Å². The van der Waals surface area contributed by atoms with Gasteiger partial charge in [-0.2, -0.15) is 0 Å². The summed E-state index contributed by atoms with van der Waals surface area (Å²) in [5, 5.41) is 12.0. The van der Waals surface area contributed by atoms with Crippen molar-refractivity contribution in [2.75, 3.05) is 5.32 Å². The number of carboxylic acid groups (broad SMARTS) is 1. The van der Waals surface area contributed by atoms with Crippen molar-refractivity contribution in [2.45, 2.75) is 19.8 Å². The maximum Gasteiger partial charge on any atom is 0.335 e. The summed E-state index contributed by atoms with van der Waals surface area (Å²) < 4.78 is 1.84. The summed E-state index contributed by atoms with van der Waals surface area (Å²) in [7, 11) is 0. The average Bonchev–Trinajstić information content (AvgIpc) is 3.35. The molecule has 25 heavy (non-hydrogen) atoms. The molecule has 1 fully saturated rings. The van der Waals surface area contributed by atoms with Crippen LogP contribution in [0.3, 0.4) is 0 Å². The lowest BCUT2D eigenvalue weighted by Crippen LogP contribution is -2.13. The Morgan fingerprint density at radius 3 is 2.72 bits per heavy atom. The van der Waals surface area contributed by atoms with Gasteiger partial charge in [0.25, 0.3) is 0 Å². The first-order valence-electron chi connectivity index (χ1n) is 8.15. The standard InChI is InChI=1S/C19H17N3O3/c1-11-2-3-13(19(24)25)8-15(11)14-6-7-17-20-16(10-22(17)9-14)21-18(23)12-4-5-12/h2-3,6-10,12H,4-5H2,1H3,(H,21,23)(H,24,25). The summed E-state index contributed by atoms with van der Waals surface area (Å²) in [6.07, 6.45) is 5.56. The number of nitrogens with one attached hydrogen (secondary N) is 1. The molecule has 126 valence electrons. The van der Waals surface area contributed by atoms with E-state index in [1.54, 1.807) is 24.4 Å². The number of aromatic nitrogens is 2. The normalized spacial score (nSPS) is 13.8. The van der Waals surface area contributed by atoms with E-state index in [-0.39, 0.29) is 17.4 Å². The maximum absolute atomic E-state index is 11.9. The molecule has 0 atom stereocenters. The number of benzene rings is 1. The number of hydrogen-bond acceptors (Lipinski definition) is 3. The fourth-order valence-corrected chi connectivity index (χ4v) is 2.85. The van der Waals surface area contributed by atoms with Gasteiger partial charge in [0, 0.05) is 12.1 Å². The Bertz CT molecular complexity index is 1000. The van der Waals surface area contributed by atoms with Gasteiger partial charge in [0.05, 0.1) is 11.8 Å². The number of pyridine rings is 1. The van der Waals surface area contributed by atoms with Crippen molar-refractivity contribution in [2.24, 2.45) is 5.92 Å². The van der Waals surface area contributed by atoms with E-state index >= 15 is 0 Å². The average molecular weight is 335 g/mol. The third-order valence-electron chi connectivity index (χ3n) is 4.45. The zero-order valence-corrected chi connectivity index (χ0v) is 13.7. The molecule has 1 aromatic carbocycles. The second-order valence-corrected chi connectivity index (χ2v) is 6.41. The fourth-order valence-electron chi connectivity index (χ4n) is 2.85. The Morgan fingerprint density at radius 1 is 1.20 bits per heavy atom. The zero-order chi connectivity index (χ0) is 17.6. The molecule has 0 radical (unpaired) electrons. The van der Waals surface area contributed by atoms with Gasteiger partial charge in [-0.05, 0) is 60.7 Å². The number of amides is 1. The van der Waals surface area contributed by atoms with E-state index in [4.69, 9.17) is 0 Å². The Kier molecular flexibility index (Phi) is 3.53. The first kappa shape index (κ1) is 15.4. The highest BCUT2D eigenvalue weighted by molar-refractivity contribution is 5.93. The lowest BCUT2D eigenvalue weighted by Gasteiger charge is -2.08. The minimum Gasteiger partial charge on any atom is -0.478 e. The molecule has 2 heterocycles. The molecule has 1 aliphatic carbocycles. The molecule has 0 saturated heterocycles. The van der Waals surface area contributed by atoms with E-state index < -0.39 is 5.97 Å². The SMILES string of the molecule is Cc1ccc(C(=O)O)cc1-c1ccc2nc(NC(=O)C3CC3)cn2c1. The Morgan fingerprint density at radius 2 is 2.00 bits per heavy atom. The predicted octanol–water partition coefficient (Wildman–Crippen LogP) is 3.36. The van der Waals surface area contributed by atoms with Gasteiger partial charge < -0.3 is 14.8 Å². The van der Waals surface area contributed by atoms with Crippen molar-refractivity contribution in [1.29, 1.82) is 0 Å². The molecule has 1 aliphatic rings. The molecule has 0 unspecified atom stereocenters. The smallest absolute Gasteiger partial charge is 0.335 e. The van der Waals surface area contributed by atoms with Gasteiger partial charge in [-0.1, -0.05) is 6.07 Å². The van der Waals surface area contributed by atoms with Gasteiger partial charge in [0.2, 0.25) is 5.91 Å². The molecule has 1 saturated carbocycles. The maximum atomic E-state index is 11.9. The number of anilines is 1. The molecule has 0 spiro atoms. The number of carboxylic acids is 1. The predicted molar refractivity (Wildman–Crippen MR) is 93.7 cm³/mol. The quantitative estimate of drug-likeness (QED) is 0.766. The van der Waals surface area contributed by atoms with Gasteiger partial charge >= 0.3 is 5.97 Å². The first-order chi connectivity index (χ1) is 12.0. The van der Waals surface area contributed by atoms with Crippen LogP contribution in [0.25, 0.3) is 16.8 Å². The van der Waals surface area contributed by atoms with Crippen molar-refractivity contribution < 1.29 is 14.7 Å². The van der Waals surface area contributed by atoms with Gasteiger partial charge in [-0.25, -0.2) is 9.78 Å². The number of aryl methyl sites for hydroxylation is 1. The van der Waals surface area contributed by atoms with E-state index in [1.807, 2.05) is 29.7 Å². The van der Waals surface area contributed by atoms with Gasteiger partial charge in [-0.15, -0.1) is 0 Å². The minimum absolute atomic E-state index is 0.0219. The highest BCUT2D eigenvalue weighted by Gasteiger charge is 2.30. The van der Waals surface area contributed by atoms with Gasteiger partial charge in [0.1, 0.15) is 5.65 Å². The number of fused-ring (bicyclic) bond motifs is 1. The molecule has 1 amide bonds. The Labute approximate surface area is 144 Å². The monoisotopic (exact) mass is 335 g/mol. The number of nitrogens with zero attached hydrogens (tertiary/aromatic N) is 2. The number of carbonyl (C=O) groups excluding carboxylic acids is 1. The zero-order valence-electron chi connectivity index (χ0n) is 13.7. The third-order valence-corrected chi connectivity index (χ3v) is 4.45. The van der Waals surface area contributed by atoms with E-state index in [0.717, 1.165) is 35.2 Å². The number of aromatic carboxylic acids is 1. The van der Waals surface area contributed by atoms with Gasteiger partial charge in [0.15, 0.2) is 5.82 Å². The highest BCUT2D eigenvalue weighted by atomic mass is 16.4. The molecule has 0 aliphatic heterocycles. The molecule has 2 N–H and O–H groups in total. The van der Waals surface area contributed by atoms with Crippen molar-refractivity contribution in [1.82, 2.24) is 9.38 Å². The van der Waals surface area contributed by atoms with Crippen LogP contribution in [0.4, 0.5) is 5.82 Å². The van der Waals surface area contributed by atoms with Crippen molar-refractivity contribution in [3.05, 3.63) is 53.9 Å². The van der Waals surface area contributed by atoms with E-state index in [2.05, 4.69) is 10.3 Å². The van der Waals surface area contributed by atoms with Crippen LogP contribution in [0, 0.1) is 12.8 Å². The van der Waals surface area contributed by atoms with Crippen LogP contribution < -0.4 is 5.32 Å². The molecular formula is C19H17N3O3. The summed E-state index contributed by atoms with van der Waals surface area (Å²) in [4.78, 5) is 27.5. The van der Waals surface area contributed by atoms with E-state index in [9.17, 15) is 14.7 Å². The van der Waals surface area contributed by atoms with Crippen LogP contribution in [0.2, 0.25) is 0 Å². The van der Waals surface area contributed by atoms with E-state index in [1.165, 1.54) is 0 Å². The summed E-state index contributed by atoms with van der Waals surface area (Å²) in [5.74, 6) is -0.268. The lowest BCUT2D eigenvalue weighted by atomic mass is 9.99. The van der Waals surface area contributed by atoms with Crippen molar-refractivity contribution >= 4 is 23.3 Å². The Hall–Kier alpha value is -3.15. The lowest BCUT2D eigenvalue weighted by molar-refractivity contribution is -0.117. The van der Waals surface area contributed by atoms with Gasteiger partial charge in [-0.3, -0.25) is 4.79 Å². The molecule has 2 aromatic heterocycles. The molecule has 4 rings (SSSR count). The topological polar surface area (TPSA) is 83.7 Å². The van der Waals surface area contributed by atoms with Crippen LogP contribution in [0.1, 0.15) is 28.8 Å². The van der Waals surface area contributed by atoms with Crippen LogP contribution in [0.5, 0.6) is 0 Å². The second-order valence-electron chi connectivity index (χ2n) is 6.41. The number of imidazole rings is 1. The number of hydrogen-bond donors (Lipinski definition) is 2. The Balaban J connectivity index is 1.70. The van der Waals surface area contributed by atoms with Crippen LogP contribution in [-0.4, -0.2) is 26.4 Å². The van der Waals surface area contributed by atoms with Crippen LogP contribution in [-0.2, 0) is 4.79 Å².